The van der Waals surface area contributed by atoms with E-state index in [1.807, 2.05) is 17.6 Å². The molecular weight excluding hydrogens is 390 g/mol. The number of aromatic nitrogens is 4. The monoisotopic (exact) mass is 407 g/mol. The number of nitrogens with zero attached hydrogens (tertiary/aromatic N) is 4. The van der Waals surface area contributed by atoms with Crippen molar-refractivity contribution in [1.82, 2.24) is 19.5 Å². The molecule has 0 atom stereocenters. The fourth-order valence-electron chi connectivity index (χ4n) is 2.74. The highest BCUT2D eigenvalue weighted by Gasteiger charge is 2.19. The highest BCUT2D eigenvalue weighted by Crippen LogP contribution is 2.41. The third-order valence-electron chi connectivity index (χ3n) is 3.97. The molecule has 0 aliphatic carbocycles. The van der Waals surface area contributed by atoms with Crippen LogP contribution in [-0.2, 0) is 6.54 Å². The lowest BCUT2D eigenvalue weighted by atomic mass is 10.1. The minimum Gasteiger partial charge on any atom is -0.493 e. The Labute approximate surface area is 153 Å². The Morgan fingerprint density at radius 2 is 1.84 bits per heavy atom. The number of methoxy groups -OCH3 is 3. The van der Waals surface area contributed by atoms with Gasteiger partial charge in [0.15, 0.2) is 17.1 Å². The van der Waals surface area contributed by atoms with E-state index in [-0.39, 0.29) is 5.95 Å². The standard InChI is InChI=1S/C16H18BrN5O3/c1-8-9(5-10(23-2)13(25-4)12(8)24-3)6-22-7-19-11-14(17)20-16(18)21-15(11)22/h5,7H,6H2,1-4H3,(H2,18,20,21). The molecule has 0 spiro atoms. The van der Waals surface area contributed by atoms with E-state index in [1.54, 1.807) is 27.7 Å². The third-order valence-corrected chi connectivity index (χ3v) is 4.52. The first-order valence-electron chi connectivity index (χ1n) is 7.42. The number of ether oxygens (including phenoxy) is 3. The maximum Gasteiger partial charge on any atom is 0.223 e. The first kappa shape index (κ1) is 17.3. The zero-order chi connectivity index (χ0) is 18.1. The minimum absolute atomic E-state index is 0.183. The summed E-state index contributed by atoms with van der Waals surface area (Å²) in [4.78, 5) is 12.7. The number of imidazole rings is 1. The van der Waals surface area contributed by atoms with E-state index in [9.17, 15) is 0 Å². The van der Waals surface area contributed by atoms with Gasteiger partial charge in [0.25, 0.3) is 0 Å². The van der Waals surface area contributed by atoms with Gasteiger partial charge in [-0.1, -0.05) is 0 Å². The molecule has 0 radical (unpaired) electrons. The molecule has 2 heterocycles. The van der Waals surface area contributed by atoms with E-state index in [0.717, 1.165) is 11.1 Å². The van der Waals surface area contributed by atoms with Crippen molar-refractivity contribution < 1.29 is 14.2 Å². The molecule has 3 aromatic rings. The summed E-state index contributed by atoms with van der Waals surface area (Å²) in [5.74, 6) is 1.98. The van der Waals surface area contributed by atoms with Crippen molar-refractivity contribution >= 4 is 33.0 Å². The molecule has 0 bridgehead atoms. The van der Waals surface area contributed by atoms with Gasteiger partial charge in [-0.3, -0.25) is 0 Å². The molecule has 0 unspecified atom stereocenters. The van der Waals surface area contributed by atoms with Crippen LogP contribution in [0.2, 0.25) is 0 Å². The van der Waals surface area contributed by atoms with Crippen LogP contribution in [0.1, 0.15) is 11.1 Å². The van der Waals surface area contributed by atoms with Crippen LogP contribution >= 0.6 is 15.9 Å². The summed E-state index contributed by atoms with van der Waals surface area (Å²) in [5.41, 5.74) is 8.99. The predicted molar refractivity (Wildman–Crippen MR) is 97.4 cm³/mol. The summed E-state index contributed by atoms with van der Waals surface area (Å²) in [6.07, 6.45) is 1.70. The van der Waals surface area contributed by atoms with Crippen molar-refractivity contribution in [3.8, 4) is 17.2 Å². The molecule has 0 saturated carbocycles. The Kier molecular flexibility index (Phi) is 4.67. The van der Waals surface area contributed by atoms with Crippen molar-refractivity contribution in [2.45, 2.75) is 13.5 Å². The molecule has 0 aliphatic heterocycles. The summed E-state index contributed by atoms with van der Waals surface area (Å²) >= 11 is 3.36. The molecule has 0 amide bonds. The number of nitrogens with two attached hydrogens (primary N) is 1. The molecule has 2 aromatic heterocycles. The molecule has 1 aromatic carbocycles. The van der Waals surface area contributed by atoms with Gasteiger partial charge in [0.05, 0.1) is 34.2 Å². The molecule has 2 N–H and O–H groups in total. The first-order chi connectivity index (χ1) is 12.0. The third kappa shape index (κ3) is 2.95. The number of anilines is 1. The van der Waals surface area contributed by atoms with E-state index in [1.165, 1.54) is 0 Å². The minimum atomic E-state index is 0.183. The van der Waals surface area contributed by atoms with Crippen molar-refractivity contribution in [2.24, 2.45) is 0 Å². The van der Waals surface area contributed by atoms with Crippen LogP contribution in [0.5, 0.6) is 17.2 Å². The number of nitrogen functional groups attached to an aromatic ring is 1. The quantitative estimate of drug-likeness (QED) is 0.648. The average Bonchev–Trinajstić information content (AvgIpc) is 2.99. The van der Waals surface area contributed by atoms with Crippen molar-refractivity contribution in [3.63, 3.8) is 0 Å². The molecule has 9 heteroatoms. The SMILES string of the molecule is COc1cc(Cn2cnc3c(Br)nc(N)nc32)c(C)c(OC)c1OC. The topological polar surface area (TPSA) is 97.3 Å². The van der Waals surface area contributed by atoms with Gasteiger partial charge in [0.1, 0.15) is 10.1 Å². The van der Waals surface area contributed by atoms with Crippen LogP contribution in [0.3, 0.4) is 0 Å². The summed E-state index contributed by atoms with van der Waals surface area (Å²) < 4.78 is 18.8. The van der Waals surface area contributed by atoms with Crippen molar-refractivity contribution in [2.75, 3.05) is 27.1 Å². The molecular formula is C16H18BrN5O3. The second kappa shape index (κ2) is 6.75. The summed E-state index contributed by atoms with van der Waals surface area (Å²) in [7, 11) is 4.78. The molecule has 0 aliphatic rings. The Morgan fingerprint density at radius 1 is 1.12 bits per heavy atom. The van der Waals surface area contributed by atoms with Gasteiger partial charge in [0, 0.05) is 5.56 Å². The van der Waals surface area contributed by atoms with Crippen LogP contribution in [0.4, 0.5) is 5.95 Å². The van der Waals surface area contributed by atoms with Gasteiger partial charge in [0.2, 0.25) is 11.7 Å². The Hall–Kier alpha value is -2.55. The Bertz CT molecular complexity index is 941. The number of benzene rings is 1. The van der Waals surface area contributed by atoms with Crippen LogP contribution < -0.4 is 19.9 Å². The van der Waals surface area contributed by atoms with Crippen molar-refractivity contribution in [1.29, 1.82) is 0 Å². The van der Waals surface area contributed by atoms with E-state index < -0.39 is 0 Å². The summed E-state index contributed by atoms with van der Waals surface area (Å²) in [6, 6.07) is 1.92. The fraction of sp³-hybridized carbons (Fsp3) is 0.312. The van der Waals surface area contributed by atoms with Crippen LogP contribution in [-0.4, -0.2) is 40.8 Å². The van der Waals surface area contributed by atoms with Gasteiger partial charge >= 0.3 is 0 Å². The van der Waals surface area contributed by atoms with Crippen molar-refractivity contribution in [3.05, 3.63) is 28.1 Å². The lowest BCUT2D eigenvalue weighted by Crippen LogP contribution is -2.06. The number of halogens is 1. The molecule has 0 saturated heterocycles. The Balaban J connectivity index is 2.12. The van der Waals surface area contributed by atoms with E-state index >= 15 is 0 Å². The Morgan fingerprint density at radius 3 is 2.48 bits per heavy atom. The molecule has 8 nitrogen and oxygen atoms in total. The van der Waals surface area contributed by atoms with Gasteiger partial charge < -0.3 is 24.5 Å². The maximum absolute atomic E-state index is 5.76. The number of hydrogen-bond acceptors (Lipinski definition) is 7. The predicted octanol–water partition coefficient (Wildman–Crippen LogP) is 2.55. The number of fused-ring (bicyclic) bond motifs is 1. The highest BCUT2D eigenvalue weighted by atomic mass is 79.9. The fourth-order valence-corrected chi connectivity index (χ4v) is 3.20. The van der Waals surface area contributed by atoms with Gasteiger partial charge in [-0.2, -0.15) is 4.98 Å². The van der Waals surface area contributed by atoms with Crippen LogP contribution in [0.15, 0.2) is 17.0 Å². The van der Waals surface area contributed by atoms with Gasteiger partial charge in [-0.15, -0.1) is 0 Å². The summed E-state index contributed by atoms with van der Waals surface area (Å²) in [6.45, 7) is 2.48. The van der Waals surface area contributed by atoms with Crippen LogP contribution in [0.25, 0.3) is 11.2 Å². The normalized spacial score (nSPS) is 10.9. The zero-order valence-corrected chi connectivity index (χ0v) is 15.9. The van der Waals surface area contributed by atoms with Crippen LogP contribution in [0, 0.1) is 6.92 Å². The second-order valence-electron chi connectivity index (χ2n) is 5.35. The van der Waals surface area contributed by atoms with Gasteiger partial charge in [-0.05, 0) is 34.5 Å². The van der Waals surface area contributed by atoms with E-state index in [4.69, 9.17) is 19.9 Å². The molecule has 25 heavy (non-hydrogen) atoms. The zero-order valence-electron chi connectivity index (χ0n) is 14.3. The average molecular weight is 408 g/mol. The molecule has 3 rings (SSSR count). The lowest BCUT2D eigenvalue weighted by molar-refractivity contribution is 0.322. The highest BCUT2D eigenvalue weighted by molar-refractivity contribution is 9.10. The molecule has 132 valence electrons. The lowest BCUT2D eigenvalue weighted by Gasteiger charge is -2.18. The molecule has 0 fully saturated rings. The number of rotatable bonds is 5. The van der Waals surface area contributed by atoms with Gasteiger partial charge in [-0.25, -0.2) is 9.97 Å². The number of hydrogen-bond donors (Lipinski definition) is 1. The smallest absolute Gasteiger partial charge is 0.223 e. The first-order valence-corrected chi connectivity index (χ1v) is 8.21. The van der Waals surface area contributed by atoms with E-state index in [0.29, 0.717) is 39.6 Å². The second-order valence-corrected chi connectivity index (χ2v) is 6.10. The largest absolute Gasteiger partial charge is 0.493 e. The summed E-state index contributed by atoms with van der Waals surface area (Å²) in [5, 5.41) is 0. The maximum atomic E-state index is 5.76. The van der Waals surface area contributed by atoms with E-state index in [2.05, 4.69) is 30.9 Å².